The van der Waals surface area contributed by atoms with Crippen LogP contribution in [0.1, 0.15) is 40.3 Å². The first-order valence-corrected chi connectivity index (χ1v) is 9.57. The molecule has 0 saturated carbocycles. The van der Waals surface area contributed by atoms with Gasteiger partial charge in [0.1, 0.15) is 11.5 Å². The minimum Gasteiger partial charge on any atom is -0.357 e. The second-order valence-electron chi connectivity index (χ2n) is 7.24. The summed E-state index contributed by atoms with van der Waals surface area (Å²) in [6.45, 7) is 6.48. The van der Waals surface area contributed by atoms with Crippen molar-refractivity contribution < 1.29 is 4.79 Å². The third kappa shape index (κ3) is 3.49. The topological polar surface area (TPSA) is 91.7 Å². The molecule has 0 radical (unpaired) electrons. The molecule has 1 fully saturated rings. The van der Waals surface area contributed by atoms with E-state index in [0.29, 0.717) is 12.2 Å². The summed E-state index contributed by atoms with van der Waals surface area (Å²) < 4.78 is 1.82. The number of aryl methyl sites for hydroxylation is 2. The largest absolute Gasteiger partial charge is 0.357 e. The molecular formula is C20H25N7O. The van der Waals surface area contributed by atoms with E-state index in [1.807, 2.05) is 37.7 Å². The molecule has 4 rings (SSSR count). The van der Waals surface area contributed by atoms with E-state index >= 15 is 0 Å². The molecule has 146 valence electrons. The molecule has 8 heteroatoms. The van der Waals surface area contributed by atoms with Gasteiger partial charge in [0.25, 0.3) is 5.91 Å². The quantitative estimate of drug-likeness (QED) is 0.710. The van der Waals surface area contributed by atoms with Gasteiger partial charge in [0.15, 0.2) is 0 Å². The van der Waals surface area contributed by atoms with Gasteiger partial charge in [-0.2, -0.15) is 10.2 Å². The third-order valence-corrected chi connectivity index (χ3v) is 5.28. The van der Waals surface area contributed by atoms with Crippen LogP contribution >= 0.6 is 0 Å². The molecule has 28 heavy (non-hydrogen) atoms. The van der Waals surface area contributed by atoms with Gasteiger partial charge in [0, 0.05) is 44.1 Å². The number of nitrogens with zero attached hydrogens (tertiary/aromatic N) is 5. The molecule has 0 aliphatic carbocycles. The average molecular weight is 379 g/mol. The van der Waals surface area contributed by atoms with Gasteiger partial charge in [-0.1, -0.05) is 0 Å². The summed E-state index contributed by atoms with van der Waals surface area (Å²) in [6.07, 6.45) is 4.22. The molecule has 1 amide bonds. The van der Waals surface area contributed by atoms with Crippen molar-refractivity contribution >= 4 is 11.7 Å². The Morgan fingerprint density at radius 2 is 2.04 bits per heavy atom. The molecular weight excluding hydrogens is 354 g/mol. The number of hydrogen-bond acceptors (Lipinski definition) is 5. The fraction of sp³-hybridized carbons (Fsp3) is 0.400. The van der Waals surface area contributed by atoms with Crippen molar-refractivity contribution in [3.63, 3.8) is 0 Å². The van der Waals surface area contributed by atoms with E-state index in [0.717, 1.165) is 47.1 Å². The van der Waals surface area contributed by atoms with Crippen molar-refractivity contribution in [1.82, 2.24) is 30.3 Å². The molecule has 1 saturated heterocycles. The number of rotatable bonds is 5. The lowest BCUT2D eigenvalue weighted by Crippen LogP contribution is -2.24. The fourth-order valence-electron chi connectivity index (χ4n) is 3.68. The molecule has 0 bridgehead atoms. The van der Waals surface area contributed by atoms with Crippen LogP contribution in [-0.2, 0) is 13.6 Å². The van der Waals surface area contributed by atoms with E-state index in [-0.39, 0.29) is 5.91 Å². The van der Waals surface area contributed by atoms with Crippen molar-refractivity contribution in [2.24, 2.45) is 7.05 Å². The van der Waals surface area contributed by atoms with Crippen LogP contribution in [0, 0.1) is 13.8 Å². The summed E-state index contributed by atoms with van der Waals surface area (Å²) in [5, 5.41) is 14.5. The molecule has 2 N–H and O–H groups in total. The molecule has 0 spiro atoms. The second kappa shape index (κ2) is 7.46. The molecule has 8 nitrogen and oxygen atoms in total. The predicted molar refractivity (Wildman–Crippen MR) is 107 cm³/mol. The SMILES string of the molecule is Cc1nn(C)c(C)c1-c1cc(C(=O)NCc2ccnc(N3CCCC3)c2)[nH]n1. The summed E-state index contributed by atoms with van der Waals surface area (Å²) in [5.74, 6) is 0.799. The number of H-pyrrole nitrogens is 1. The van der Waals surface area contributed by atoms with Gasteiger partial charge in [0.05, 0.1) is 11.4 Å². The van der Waals surface area contributed by atoms with Crippen molar-refractivity contribution in [3.05, 3.63) is 47.0 Å². The van der Waals surface area contributed by atoms with Gasteiger partial charge >= 0.3 is 0 Å². The second-order valence-corrected chi connectivity index (χ2v) is 7.24. The zero-order valence-corrected chi connectivity index (χ0v) is 16.5. The lowest BCUT2D eigenvalue weighted by Gasteiger charge is -2.16. The minimum absolute atomic E-state index is 0.183. The third-order valence-electron chi connectivity index (χ3n) is 5.28. The maximum atomic E-state index is 12.5. The van der Waals surface area contributed by atoms with Crippen molar-refractivity contribution in [2.75, 3.05) is 18.0 Å². The summed E-state index contributed by atoms with van der Waals surface area (Å²) in [5.41, 5.74) is 5.07. The number of hydrogen-bond donors (Lipinski definition) is 2. The lowest BCUT2D eigenvalue weighted by atomic mass is 10.1. The maximum absolute atomic E-state index is 12.5. The molecule has 3 aromatic rings. The van der Waals surface area contributed by atoms with Crippen molar-refractivity contribution in [2.45, 2.75) is 33.2 Å². The smallest absolute Gasteiger partial charge is 0.269 e. The molecule has 0 aromatic carbocycles. The Hall–Kier alpha value is -3.16. The number of amides is 1. The van der Waals surface area contributed by atoms with E-state index in [1.165, 1.54) is 12.8 Å². The van der Waals surface area contributed by atoms with E-state index in [2.05, 4.69) is 30.5 Å². The highest BCUT2D eigenvalue weighted by atomic mass is 16.1. The zero-order chi connectivity index (χ0) is 19.7. The highest BCUT2D eigenvalue weighted by molar-refractivity contribution is 5.93. The van der Waals surface area contributed by atoms with Crippen LogP contribution in [0.5, 0.6) is 0 Å². The van der Waals surface area contributed by atoms with Crippen molar-refractivity contribution in [3.8, 4) is 11.3 Å². The lowest BCUT2D eigenvalue weighted by molar-refractivity contribution is 0.0946. The Morgan fingerprint density at radius 3 is 2.75 bits per heavy atom. The molecule has 3 aromatic heterocycles. The number of carbonyl (C=O) groups excluding carboxylic acids is 1. The van der Waals surface area contributed by atoms with Crippen LogP contribution in [0.3, 0.4) is 0 Å². The maximum Gasteiger partial charge on any atom is 0.269 e. The molecule has 0 unspecified atom stereocenters. The van der Waals surface area contributed by atoms with Crippen LogP contribution < -0.4 is 10.2 Å². The van der Waals surface area contributed by atoms with Crippen LogP contribution in [0.25, 0.3) is 11.3 Å². The average Bonchev–Trinajstić information content (AvgIpc) is 3.42. The molecule has 4 heterocycles. The van der Waals surface area contributed by atoms with Crippen LogP contribution in [0.15, 0.2) is 24.4 Å². The number of aromatic nitrogens is 5. The van der Waals surface area contributed by atoms with Gasteiger partial charge in [0.2, 0.25) is 0 Å². The number of anilines is 1. The zero-order valence-electron chi connectivity index (χ0n) is 16.5. The fourth-order valence-corrected chi connectivity index (χ4v) is 3.68. The van der Waals surface area contributed by atoms with Crippen LogP contribution in [0.2, 0.25) is 0 Å². The highest BCUT2D eigenvalue weighted by Gasteiger charge is 2.17. The molecule has 1 aliphatic rings. The standard InChI is InChI=1S/C20H25N7O/c1-13-19(14(2)26(3)25-13)16-11-17(24-23-16)20(28)22-12-15-6-7-21-18(10-15)27-8-4-5-9-27/h6-7,10-11H,4-5,8-9,12H2,1-3H3,(H,22,28)(H,23,24). The Labute approximate surface area is 164 Å². The predicted octanol–water partition coefficient (Wildman–Crippen LogP) is 2.35. The first kappa shape index (κ1) is 18.2. The summed E-state index contributed by atoms with van der Waals surface area (Å²) in [4.78, 5) is 19.3. The molecule has 1 aliphatic heterocycles. The highest BCUT2D eigenvalue weighted by Crippen LogP contribution is 2.25. The minimum atomic E-state index is -0.183. The van der Waals surface area contributed by atoms with E-state index < -0.39 is 0 Å². The van der Waals surface area contributed by atoms with Gasteiger partial charge in [-0.3, -0.25) is 14.6 Å². The monoisotopic (exact) mass is 379 g/mol. The van der Waals surface area contributed by atoms with E-state index in [9.17, 15) is 4.79 Å². The molecule has 0 atom stereocenters. The van der Waals surface area contributed by atoms with E-state index in [1.54, 1.807) is 12.3 Å². The summed E-state index contributed by atoms with van der Waals surface area (Å²) in [7, 11) is 1.90. The summed E-state index contributed by atoms with van der Waals surface area (Å²) >= 11 is 0. The van der Waals surface area contributed by atoms with Crippen LogP contribution in [-0.4, -0.2) is 44.0 Å². The Bertz CT molecular complexity index is 998. The normalized spacial score (nSPS) is 13.9. The van der Waals surface area contributed by atoms with Crippen molar-refractivity contribution in [1.29, 1.82) is 0 Å². The number of pyridine rings is 1. The number of nitrogens with one attached hydrogen (secondary N) is 2. The van der Waals surface area contributed by atoms with Crippen LogP contribution in [0.4, 0.5) is 5.82 Å². The Kier molecular flexibility index (Phi) is 4.85. The summed E-state index contributed by atoms with van der Waals surface area (Å²) in [6, 6.07) is 5.75. The Morgan fingerprint density at radius 1 is 1.25 bits per heavy atom. The van der Waals surface area contributed by atoms with E-state index in [4.69, 9.17) is 0 Å². The number of carbonyl (C=O) groups is 1. The first-order chi connectivity index (χ1) is 13.5. The van der Waals surface area contributed by atoms with Gasteiger partial charge < -0.3 is 10.2 Å². The van der Waals surface area contributed by atoms with Gasteiger partial charge in [-0.15, -0.1) is 0 Å². The van der Waals surface area contributed by atoms with Gasteiger partial charge in [-0.25, -0.2) is 4.98 Å². The number of aromatic amines is 1. The Balaban J connectivity index is 1.43. The van der Waals surface area contributed by atoms with Gasteiger partial charge in [-0.05, 0) is 50.5 Å². The first-order valence-electron chi connectivity index (χ1n) is 9.57.